The van der Waals surface area contributed by atoms with Gasteiger partial charge in [0.2, 0.25) is 0 Å². The second-order valence-electron chi connectivity index (χ2n) is 3.17. The van der Waals surface area contributed by atoms with Crippen molar-refractivity contribution in [1.82, 2.24) is 15.1 Å². The third kappa shape index (κ3) is 3.22. The first kappa shape index (κ1) is 11.5. The lowest BCUT2D eigenvalue weighted by Crippen LogP contribution is -2.25. The Balaban J connectivity index is 2.57. The maximum absolute atomic E-state index is 11.7. The van der Waals surface area contributed by atoms with Crippen molar-refractivity contribution in [2.75, 3.05) is 13.1 Å². The van der Waals surface area contributed by atoms with Gasteiger partial charge >= 0.3 is 0 Å². The van der Waals surface area contributed by atoms with Crippen LogP contribution in [0.1, 0.15) is 23.8 Å². The molecule has 80 valence electrons. The van der Waals surface area contributed by atoms with Crippen LogP contribution in [0.25, 0.3) is 0 Å². The Hall–Kier alpha value is -1.60. The number of nitrogens with zero attached hydrogens (tertiary/aromatic N) is 2. The van der Waals surface area contributed by atoms with Crippen LogP contribution in [-0.4, -0.2) is 28.7 Å². The fourth-order valence-corrected chi connectivity index (χ4v) is 1.30. The van der Waals surface area contributed by atoms with Gasteiger partial charge in [-0.1, -0.05) is 12.8 Å². The molecular weight excluding hydrogens is 190 g/mol. The van der Waals surface area contributed by atoms with Gasteiger partial charge in [-0.05, 0) is 12.5 Å². The molecular formula is C11H15N3O. The van der Waals surface area contributed by atoms with Crippen LogP contribution in [0.4, 0.5) is 0 Å². The van der Waals surface area contributed by atoms with E-state index in [0.29, 0.717) is 12.2 Å². The van der Waals surface area contributed by atoms with E-state index in [1.165, 1.54) is 0 Å². The minimum atomic E-state index is 0.0243. The van der Waals surface area contributed by atoms with E-state index in [2.05, 4.69) is 16.3 Å². The predicted octanol–water partition coefficient (Wildman–Crippen LogP) is 0.699. The molecule has 0 aliphatic heterocycles. The number of ketones is 1. The quantitative estimate of drug-likeness (QED) is 0.422. The van der Waals surface area contributed by atoms with E-state index < -0.39 is 0 Å². The van der Waals surface area contributed by atoms with Crippen LogP contribution in [0, 0.1) is 12.3 Å². The van der Waals surface area contributed by atoms with Gasteiger partial charge in [0.25, 0.3) is 0 Å². The zero-order valence-corrected chi connectivity index (χ0v) is 8.86. The lowest BCUT2D eigenvalue weighted by molar-refractivity contribution is 0.0982. The summed E-state index contributed by atoms with van der Waals surface area (Å²) in [6, 6.07) is 1.73. The molecule has 0 atom stereocenters. The monoisotopic (exact) mass is 205 g/mol. The minimum Gasteiger partial charge on any atom is -0.299 e. The molecule has 0 unspecified atom stereocenters. The Labute approximate surface area is 89.7 Å². The molecule has 4 heteroatoms. The highest BCUT2D eigenvalue weighted by atomic mass is 16.1. The molecule has 0 fully saturated rings. The molecule has 0 aromatic carbocycles. The van der Waals surface area contributed by atoms with Crippen molar-refractivity contribution in [3.05, 3.63) is 18.0 Å². The average Bonchev–Trinajstić information content (AvgIpc) is 2.67. The Kier molecular flexibility index (Phi) is 4.58. The molecule has 4 nitrogen and oxygen atoms in total. The van der Waals surface area contributed by atoms with E-state index in [9.17, 15) is 4.79 Å². The molecule has 0 amide bonds. The molecule has 0 spiro atoms. The number of aromatic nitrogens is 2. The van der Waals surface area contributed by atoms with Gasteiger partial charge in [-0.15, -0.1) is 6.42 Å². The molecule has 0 radical (unpaired) electrons. The summed E-state index contributed by atoms with van der Waals surface area (Å²) in [6.45, 7) is 3.49. The van der Waals surface area contributed by atoms with Gasteiger partial charge in [0, 0.05) is 12.7 Å². The average molecular weight is 205 g/mol. The van der Waals surface area contributed by atoms with Gasteiger partial charge in [0.05, 0.1) is 13.1 Å². The molecule has 1 heterocycles. The predicted molar refractivity (Wildman–Crippen MR) is 58.6 cm³/mol. The van der Waals surface area contributed by atoms with E-state index in [4.69, 9.17) is 6.42 Å². The van der Waals surface area contributed by atoms with Crippen LogP contribution in [0.15, 0.2) is 12.3 Å². The van der Waals surface area contributed by atoms with Gasteiger partial charge in [0.15, 0.2) is 5.78 Å². The third-order valence-electron chi connectivity index (χ3n) is 1.95. The Morgan fingerprint density at radius 1 is 1.73 bits per heavy atom. The van der Waals surface area contributed by atoms with Gasteiger partial charge in [0.1, 0.15) is 5.69 Å². The number of Topliss-reactive ketones (excluding diaryl/α,β-unsaturated/α-hetero) is 1. The zero-order chi connectivity index (χ0) is 11.1. The molecule has 1 rings (SSSR count). The van der Waals surface area contributed by atoms with E-state index >= 15 is 0 Å². The lowest BCUT2D eigenvalue weighted by Gasteiger charge is -2.04. The number of hydrogen-bond donors (Lipinski definition) is 1. The van der Waals surface area contributed by atoms with E-state index in [1.807, 2.05) is 6.92 Å². The lowest BCUT2D eigenvalue weighted by atomic mass is 10.2. The molecule has 1 aromatic heterocycles. The summed E-state index contributed by atoms with van der Waals surface area (Å²) < 4.78 is 1.72. The molecule has 0 saturated carbocycles. The molecule has 1 aromatic rings. The standard InChI is InChI=1S/C11H15N3O/c1-3-6-12-9-11(15)10-5-7-13-14(10)8-4-2/h1,5,7,12H,4,6,8-9H2,2H3. The molecule has 0 saturated heterocycles. The summed E-state index contributed by atoms with van der Waals surface area (Å²) in [4.78, 5) is 11.7. The summed E-state index contributed by atoms with van der Waals surface area (Å²) >= 11 is 0. The molecule has 1 N–H and O–H groups in total. The number of carbonyl (C=O) groups is 1. The van der Waals surface area contributed by atoms with E-state index in [0.717, 1.165) is 13.0 Å². The van der Waals surface area contributed by atoms with Crippen molar-refractivity contribution in [2.45, 2.75) is 19.9 Å². The Morgan fingerprint density at radius 2 is 2.53 bits per heavy atom. The van der Waals surface area contributed by atoms with Crippen molar-refractivity contribution in [1.29, 1.82) is 0 Å². The van der Waals surface area contributed by atoms with Gasteiger partial charge < -0.3 is 0 Å². The van der Waals surface area contributed by atoms with Crippen LogP contribution in [0.3, 0.4) is 0 Å². The van der Waals surface area contributed by atoms with Gasteiger partial charge in [-0.25, -0.2) is 0 Å². The van der Waals surface area contributed by atoms with E-state index in [1.54, 1.807) is 16.9 Å². The second-order valence-corrected chi connectivity index (χ2v) is 3.17. The van der Waals surface area contributed by atoms with Crippen LogP contribution in [0.2, 0.25) is 0 Å². The van der Waals surface area contributed by atoms with Gasteiger partial charge in [-0.2, -0.15) is 5.10 Å². The Morgan fingerprint density at radius 3 is 3.20 bits per heavy atom. The summed E-state index contributed by atoms with van der Waals surface area (Å²) in [5.74, 6) is 2.45. The molecule has 15 heavy (non-hydrogen) atoms. The fraction of sp³-hybridized carbons (Fsp3) is 0.455. The normalized spacial score (nSPS) is 9.87. The van der Waals surface area contributed by atoms with Crippen molar-refractivity contribution in [3.8, 4) is 12.3 Å². The maximum atomic E-state index is 11.7. The first-order valence-electron chi connectivity index (χ1n) is 4.98. The van der Waals surface area contributed by atoms with Crippen LogP contribution >= 0.6 is 0 Å². The minimum absolute atomic E-state index is 0.0243. The third-order valence-corrected chi connectivity index (χ3v) is 1.95. The molecule has 0 aliphatic carbocycles. The second kappa shape index (κ2) is 5.99. The van der Waals surface area contributed by atoms with Gasteiger partial charge in [-0.3, -0.25) is 14.8 Å². The first-order valence-corrected chi connectivity index (χ1v) is 4.98. The molecule has 0 aliphatic rings. The highest BCUT2D eigenvalue weighted by molar-refractivity contribution is 5.96. The summed E-state index contributed by atoms with van der Waals surface area (Å²) in [5.41, 5.74) is 0.640. The summed E-state index contributed by atoms with van der Waals surface area (Å²) in [7, 11) is 0. The SMILES string of the molecule is C#CCNCC(=O)c1ccnn1CCC. The maximum Gasteiger partial charge on any atom is 0.194 e. The number of hydrogen-bond acceptors (Lipinski definition) is 3. The zero-order valence-electron chi connectivity index (χ0n) is 8.86. The first-order chi connectivity index (χ1) is 7.29. The number of rotatable bonds is 6. The summed E-state index contributed by atoms with van der Waals surface area (Å²) in [6.07, 6.45) is 7.67. The van der Waals surface area contributed by atoms with Crippen LogP contribution in [-0.2, 0) is 6.54 Å². The van der Waals surface area contributed by atoms with Crippen molar-refractivity contribution >= 4 is 5.78 Å². The number of aryl methyl sites for hydroxylation is 1. The number of carbonyl (C=O) groups excluding carboxylic acids is 1. The van der Waals surface area contributed by atoms with Crippen molar-refractivity contribution < 1.29 is 4.79 Å². The molecule has 0 bridgehead atoms. The van der Waals surface area contributed by atoms with Crippen molar-refractivity contribution in [3.63, 3.8) is 0 Å². The van der Waals surface area contributed by atoms with Crippen LogP contribution in [0.5, 0.6) is 0 Å². The fourth-order valence-electron chi connectivity index (χ4n) is 1.30. The number of terminal acetylenes is 1. The van der Waals surface area contributed by atoms with Crippen LogP contribution < -0.4 is 5.32 Å². The largest absolute Gasteiger partial charge is 0.299 e. The number of nitrogens with one attached hydrogen (secondary N) is 1. The highest BCUT2D eigenvalue weighted by Crippen LogP contribution is 2.00. The Bertz CT molecular complexity index is 362. The van der Waals surface area contributed by atoms with E-state index in [-0.39, 0.29) is 12.3 Å². The smallest absolute Gasteiger partial charge is 0.194 e. The highest BCUT2D eigenvalue weighted by Gasteiger charge is 2.10. The topological polar surface area (TPSA) is 46.9 Å². The van der Waals surface area contributed by atoms with Crippen molar-refractivity contribution in [2.24, 2.45) is 0 Å². The summed E-state index contributed by atoms with van der Waals surface area (Å²) in [5, 5.41) is 6.95.